The molecule has 0 atom stereocenters. The summed E-state index contributed by atoms with van der Waals surface area (Å²) in [4.78, 5) is 0. The average Bonchev–Trinajstić information content (AvgIpc) is 2.40. The first-order chi connectivity index (χ1) is 9.26. The van der Waals surface area contributed by atoms with Crippen molar-refractivity contribution in [1.82, 2.24) is 0 Å². The molecule has 0 radical (unpaired) electrons. The summed E-state index contributed by atoms with van der Waals surface area (Å²) >= 11 is 0. The summed E-state index contributed by atoms with van der Waals surface area (Å²) in [5.41, 5.74) is 0. The number of hydrogen-bond acceptors (Lipinski definition) is 6. The Labute approximate surface area is 115 Å². The van der Waals surface area contributed by atoms with E-state index < -0.39 is 0 Å². The lowest BCUT2D eigenvalue weighted by atomic mass is 10.6. The Morgan fingerprint density at radius 3 is 1.95 bits per heavy atom. The first kappa shape index (κ1) is 18.0. The molecule has 0 aromatic carbocycles. The minimum absolute atomic E-state index is 0.0301. The van der Waals surface area contributed by atoms with E-state index in [9.17, 15) is 0 Å². The van der Waals surface area contributed by atoms with Gasteiger partial charge in [0, 0.05) is 6.92 Å². The molecule has 0 rings (SSSR count). The monoisotopic (exact) mass is 278 g/mol. The molecule has 1 N–H and O–H groups in total. The number of aliphatic hydroxyl groups excluding tert-OH is 1. The van der Waals surface area contributed by atoms with Gasteiger partial charge in [-0.3, -0.25) is 0 Å². The molecule has 0 spiro atoms. The van der Waals surface area contributed by atoms with Gasteiger partial charge in [0.2, 0.25) is 0 Å². The largest absolute Gasteiger partial charge is 0.491 e. The summed E-state index contributed by atoms with van der Waals surface area (Å²) in [5, 5.41) is 8.50. The van der Waals surface area contributed by atoms with Crippen LogP contribution in [0, 0.1) is 0 Å². The van der Waals surface area contributed by atoms with Crippen molar-refractivity contribution in [2.24, 2.45) is 0 Å². The van der Waals surface area contributed by atoms with E-state index in [-0.39, 0.29) is 6.61 Å². The van der Waals surface area contributed by atoms with E-state index in [1.807, 2.05) is 13.8 Å². The molecule has 6 heteroatoms. The van der Waals surface area contributed by atoms with Gasteiger partial charge in [-0.15, -0.1) is 0 Å². The van der Waals surface area contributed by atoms with E-state index in [4.69, 9.17) is 28.8 Å². The normalized spacial score (nSPS) is 12.0. The standard InChI is InChI=1S/C13H26O6/c1-4-17-12(3)13(18-5-2)19-11-10-16-9-8-15-7-6-14/h14H,4-11H2,1-3H3. The van der Waals surface area contributed by atoms with Crippen molar-refractivity contribution in [3.05, 3.63) is 11.7 Å². The molecule has 0 bridgehead atoms. The van der Waals surface area contributed by atoms with E-state index in [1.165, 1.54) is 0 Å². The predicted octanol–water partition coefficient (Wildman–Crippen LogP) is 1.29. The molecule has 114 valence electrons. The van der Waals surface area contributed by atoms with Crippen LogP contribution >= 0.6 is 0 Å². The third-order valence-electron chi connectivity index (χ3n) is 1.99. The first-order valence-electron chi connectivity index (χ1n) is 6.61. The van der Waals surface area contributed by atoms with Crippen LogP contribution in [0.2, 0.25) is 0 Å². The van der Waals surface area contributed by atoms with Crippen molar-refractivity contribution in [2.45, 2.75) is 20.8 Å². The average molecular weight is 278 g/mol. The number of allylic oxidation sites excluding steroid dienone is 1. The molecule has 19 heavy (non-hydrogen) atoms. The molecule has 0 saturated carbocycles. The van der Waals surface area contributed by atoms with Crippen LogP contribution < -0.4 is 0 Å². The van der Waals surface area contributed by atoms with Crippen LogP contribution in [0.1, 0.15) is 20.8 Å². The lowest BCUT2D eigenvalue weighted by molar-refractivity contribution is -0.0193. The van der Waals surface area contributed by atoms with Crippen molar-refractivity contribution < 1.29 is 28.8 Å². The third kappa shape index (κ3) is 10.6. The minimum Gasteiger partial charge on any atom is -0.491 e. The third-order valence-corrected chi connectivity index (χ3v) is 1.99. The van der Waals surface area contributed by atoms with Gasteiger partial charge in [-0.1, -0.05) is 0 Å². The maximum Gasteiger partial charge on any atom is 0.318 e. The molecule has 0 unspecified atom stereocenters. The zero-order chi connectivity index (χ0) is 14.3. The zero-order valence-electron chi connectivity index (χ0n) is 12.1. The van der Waals surface area contributed by atoms with Gasteiger partial charge >= 0.3 is 5.95 Å². The molecular formula is C13H26O6. The fourth-order valence-electron chi connectivity index (χ4n) is 1.23. The highest BCUT2D eigenvalue weighted by Crippen LogP contribution is 2.09. The molecular weight excluding hydrogens is 252 g/mol. The van der Waals surface area contributed by atoms with Crippen LogP contribution in [0.3, 0.4) is 0 Å². The number of hydrogen-bond donors (Lipinski definition) is 1. The summed E-state index contributed by atoms with van der Waals surface area (Å²) in [6, 6.07) is 0. The predicted molar refractivity (Wildman–Crippen MR) is 70.6 cm³/mol. The molecule has 0 fully saturated rings. The van der Waals surface area contributed by atoms with Crippen LogP contribution in [0.15, 0.2) is 11.7 Å². The van der Waals surface area contributed by atoms with Crippen molar-refractivity contribution in [1.29, 1.82) is 0 Å². The Hall–Kier alpha value is -0.980. The van der Waals surface area contributed by atoms with Gasteiger partial charge in [0.1, 0.15) is 6.61 Å². The lowest BCUT2D eigenvalue weighted by Gasteiger charge is -2.14. The van der Waals surface area contributed by atoms with E-state index in [0.29, 0.717) is 58.0 Å². The Balaban J connectivity index is 3.67. The summed E-state index contributed by atoms with van der Waals surface area (Å²) in [6.45, 7) is 8.83. The van der Waals surface area contributed by atoms with Crippen molar-refractivity contribution >= 4 is 0 Å². The van der Waals surface area contributed by atoms with Gasteiger partial charge in [0.05, 0.1) is 46.2 Å². The number of rotatable bonds is 13. The van der Waals surface area contributed by atoms with Crippen LogP contribution in [0.4, 0.5) is 0 Å². The van der Waals surface area contributed by atoms with Crippen molar-refractivity contribution in [3.63, 3.8) is 0 Å². The van der Waals surface area contributed by atoms with Gasteiger partial charge in [-0.25, -0.2) is 0 Å². The Morgan fingerprint density at radius 2 is 1.37 bits per heavy atom. The smallest absolute Gasteiger partial charge is 0.318 e. The van der Waals surface area contributed by atoms with Gasteiger partial charge < -0.3 is 28.8 Å². The van der Waals surface area contributed by atoms with Gasteiger partial charge in [-0.2, -0.15) is 0 Å². The van der Waals surface area contributed by atoms with E-state index in [1.54, 1.807) is 6.92 Å². The quantitative estimate of drug-likeness (QED) is 0.404. The molecule has 0 aromatic heterocycles. The summed E-state index contributed by atoms with van der Waals surface area (Å²) < 4.78 is 26.5. The number of aliphatic hydroxyl groups is 1. The van der Waals surface area contributed by atoms with Crippen LogP contribution in [-0.2, 0) is 23.7 Å². The SMILES string of the molecule is CCOC(C)=C(OCC)OCCOCCOCCO. The summed E-state index contributed by atoms with van der Waals surface area (Å²) in [6.07, 6.45) is 0. The zero-order valence-corrected chi connectivity index (χ0v) is 12.1. The molecule has 0 saturated heterocycles. The molecule has 0 aliphatic carbocycles. The molecule has 0 aliphatic rings. The molecule has 0 aliphatic heterocycles. The fourth-order valence-corrected chi connectivity index (χ4v) is 1.23. The number of ether oxygens (including phenoxy) is 5. The fraction of sp³-hybridized carbons (Fsp3) is 0.846. The maximum atomic E-state index is 8.50. The van der Waals surface area contributed by atoms with Gasteiger partial charge in [0.25, 0.3) is 0 Å². The highest BCUT2D eigenvalue weighted by molar-refractivity contribution is 4.90. The lowest BCUT2D eigenvalue weighted by Crippen LogP contribution is -2.12. The van der Waals surface area contributed by atoms with Crippen molar-refractivity contribution in [2.75, 3.05) is 52.9 Å². The van der Waals surface area contributed by atoms with Crippen molar-refractivity contribution in [3.8, 4) is 0 Å². The molecule has 0 aromatic rings. The topological polar surface area (TPSA) is 66.4 Å². The molecule has 6 nitrogen and oxygen atoms in total. The second-order valence-electron chi connectivity index (χ2n) is 3.51. The molecule has 0 heterocycles. The Bertz CT molecular complexity index is 229. The highest BCUT2D eigenvalue weighted by atomic mass is 16.7. The van der Waals surface area contributed by atoms with E-state index in [2.05, 4.69) is 0 Å². The van der Waals surface area contributed by atoms with E-state index >= 15 is 0 Å². The van der Waals surface area contributed by atoms with Crippen LogP contribution in [0.5, 0.6) is 0 Å². The van der Waals surface area contributed by atoms with E-state index in [0.717, 1.165) is 0 Å². The van der Waals surface area contributed by atoms with Gasteiger partial charge in [0.15, 0.2) is 5.76 Å². The minimum atomic E-state index is 0.0301. The highest BCUT2D eigenvalue weighted by Gasteiger charge is 2.06. The Morgan fingerprint density at radius 1 is 0.789 bits per heavy atom. The summed E-state index contributed by atoms with van der Waals surface area (Å²) in [7, 11) is 0. The van der Waals surface area contributed by atoms with Gasteiger partial charge in [-0.05, 0) is 13.8 Å². The first-order valence-corrected chi connectivity index (χ1v) is 6.61. The second-order valence-corrected chi connectivity index (χ2v) is 3.51. The van der Waals surface area contributed by atoms with Crippen LogP contribution in [0.25, 0.3) is 0 Å². The summed E-state index contributed by atoms with van der Waals surface area (Å²) in [5.74, 6) is 1.04. The molecule has 0 amide bonds. The second kappa shape index (κ2) is 13.5. The van der Waals surface area contributed by atoms with Crippen LogP contribution in [-0.4, -0.2) is 58.0 Å². The Kier molecular flexibility index (Phi) is 12.8. The maximum absolute atomic E-state index is 8.50.